The number of amidine groups is 1. The molecule has 184 valence electrons. The third-order valence-electron chi connectivity index (χ3n) is 7.92. The Kier molecular flexibility index (Phi) is 4.57. The van der Waals surface area contributed by atoms with Crippen LogP contribution in [0, 0.1) is 17.2 Å². The summed E-state index contributed by atoms with van der Waals surface area (Å²) < 4.78 is 47.2. The van der Waals surface area contributed by atoms with Gasteiger partial charge in [0.15, 0.2) is 17.1 Å². The molecule has 2 spiro atoms. The van der Waals surface area contributed by atoms with E-state index in [9.17, 15) is 4.39 Å². The molecule has 1 atom stereocenters. The molecule has 3 aromatic rings. The predicted octanol–water partition coefficient (Wildman–Crippen LogP) is 4.34. The Labute approximate surface area is 206 Å². The van der Waals surface area contributed by atoms with Crippen LogP contribution in [0.4, 0.5) is 14.5 Å². The van der Waals surface area contributed by atoms with Crippen LogP contribution in [0.2, 0.25) is 0 Å². The Balaban J connectivity index is 1.34. The van der Waals surface area contributed by atoms with Gasteiger partial charge in [-0.1, -0.05) is 6.07 Å². The van der Waals surface area contributed by atoms with Crippen molar-refractivity contribution in [2.75, 3.05) is 37.8 Å². The van der Waals surface area contributed by atoms with Crippen molar-refractivity contribution in [2.45, 2.75) is 18.4 Å². The highest BCUT2D eigenvalue weighted by molar-refractivity contribution is 5.78. The Morgan fingerprint density at radius 3 is 2.50 bits per heavy atom. The molecule has 0 radical (unpaired) electrons. The second kappa shape index (κ2) is 7.64. The summed E-state index contributed by atoms with van der Waals surface area (Å²) in [5.74, 6) is -0.520. The van der Waals surface area contributed by atoms with E-state index in [1.54, 1.807) is 30.3 Å². The largest absolute Gasteiger partial charge is 0.462 e. The highest BCUT2D eigenvalue weighted by Crippen LogP contribution is 2.53. The Morgan fingerprint density at radius 1 is 0.972 bits per heavy atom. The molecule has 0 unspecified atom stereocenters. The summed E-state index contributed by atoms with van der Waals surface area (Å²) in [5, 5.41) is 0. The van der Waals surface area contributed by atoms with Crippen LogP contribution in [0.25, 0.3) is 11.1 Å². The van der Waals surface area contributed by atoms with E-state index in [1.807, 2.05) is 6.07 Å². The number of pyridine rings is 1. The lowest BCUT2D eigenvalue weighted by Crippen LogP contribution is -2.51. The van der Waals surface area contributed by atoms with Gasteiger partial charge >= 0.3 is 0 Å². The number of piperidine rings is 1. The number of rotatable bonds is 2. The van der Waals surface area contributed by atoms with Crippen molar-refractivity contribution in [1.82, 2.24) is 4.98 Å². The minimum absolute atomic E-state index is 0.0162. The molecule has 2 saturated heterocycles. The topological polar surface area (TPSA) is 82.2 Å². The monoisotopic (exact) mass is 490 g/mol. The summed E-state index contributed by atoms with van der Waals surface area (Å²) in [4.78, 5) is 10.6. The number of anilines is 1. The molecule has 2 N–H and O–H groups in total. The molecule has 0 aliphatic carbocycles. The van der Waals surface area contributed by atoms with Gasteiger partial charge in [0.2, 0.25) is 5.95 Å². The van der Waals surface area contributed by atoms with E-state index in [-0.39, 0.29) is 23.8 Å². The summed E-state index contributed by atoms with van der Waals surface area (Å²) in [7, 11) is 0. The molecule has 7 nitrogen and oxygen atoms in total. The third-order valence-corrected chi connectivity index (χ3v) is 7.92. The minimum Gasteiger partial charge on any atom is -0.462 e. The number of hydrogen-bond acceptors (Lipinski definition) is 7. The number of aliphatic imine (C=N–C) groups is 1. The molecule has 7 rings (SSSR count). The van der Waals surface area contributed by atoms with E-state index >= 15 is 4.39 Å². The van der Waals surface area contributed by atoms with Gasteiger partial charge in [0, 0.05) is 53.1 Å². The third kappa shape index (κ3) is 3.12. The highest BCUT2D eigenvalue weighted by atomic mass is 19.1. The fraction of sp³-hybridized carbons (Fsp3) is 0.333. The first-order chi connectivity index (χ1) is 17.5. The molecular weight excluding hydrogens is 466 g/mol. The van der Waals surface area contributed by atoms with Crippen LogP contribution in [-0.2, 0) is 15.0 Å². The van der Waals surface area contributed by atoms with E-state index < -0.39 is 17.3 Å². The molecule has 4 aliphatic heterocycles. The fourth-order valence-electron chi connectivity index (χ4n) is 5.76. The lowest BCUT2D eigenvalue weighted by atomic mass is 9.76. The van der Waals surface area contributed by atoms with Gasteiger partial charge < -0.3 is 24.8 Å². The Bertz CT molecular complexity index is 1410. The number of ether oxygens (including phenoxy) is 3. The zero-order chi connectivity index (χ0) is 24.5. The molecule has 0 amide bonds. The van der Waals surface area contributed by atoms with Gasteiger partial charge in [0.1, 0.15) is 12.4 Å². The van der Waals surface area contributed by atoms with Gasteiger partial charge in [0.05, 0.1) is 13.2 Å². The van der Waals surface area contributed by atoms with Crippen molar-refractivity contribution in [2.24, 2.45) is 16.1 Å². The van der Waals surface area contributed by atoms with Gasteiger partial charge in [-0.15, -0.1) is 0 Å². The van der Waals surface area contributed by atoms with Gasteiger partial charge in [0.25, 0.3) is 6.02 Å². The maximum atomic E-state index is 15.6. The first kappa shape index (κ1) is 21.6. The van der Waals surface area contributed by atoms with Crippen molar-refractivity contribution < 1.29 is 23.0 Å². The van der Waals surface area contributed by atoms with Crippen molar-refractivity contribution in [3.63, 3.8) is 0 Å². The van der Waals surface area contributed by atoms with E-state index in [4.69, 9.17) is 19.9 Å². The van der Waals surface area contributed by atoms with E-state index in [2.05, 4.69) is 14.9 Å². The van der Waals surface area contributed by atoms with Crippen LogP contribution in [0.5, 0.6) is 11.5 Å². The van der Waals surface area contributed by atoms with Crippen molar-refractivity contribution >= 4 is 11.7 Å². The van der Waals surface area contributed by atoms with Crippen LogP contribution in [0.3, 0.4) is 0 Å². The summed E-state index contributed by atoms with van der Waals surface area (Å²) in [6.07, 6.45) is 3.41. The SMILES string of the molecule is NC1=N[C@@]2(CO1)c1cc(-c3cccnc3F)ccc1Oc1c(F)cc(N3CCC4(CC3)COC4)cc12. The molecule has 36 heavy (non-hydrogen) atoms. The molecule has 2 fully saturated rings. The normalized spacial score (nSPS) is 23.4. The molecule has 0 bridgehead atoms. The smallest absolute Gasteiger partial charge is 0.283 e. The summed E-state index contributed by atoms with van der Waals surface area (Å²) >= 11 is 0. The van der Waals surface area contributed by atoms with Gasteiger partial charge in [-0.25, -0.2) is 14.4 Å². The molecular formula is C27H24F2N4O3. The molecule has 9 heteroatoms. The van der Waals surface area contributed by atoms with Crippen LogP contribution < -0.4 is 15.4 Å². The van der Waals surface area contributed by atoms with E-state index in [0.717, 1.165) is 44.8 Å². The quantitative estimate of drug-likeness (QED) is 0.539. The van der Waals surface area contributed by atoms with Crippen molar-refractivity contribution in [3.8, 4) is 22.6 Å². The molecule has 4 aliphatic rings. The minimum atomic E-state index is -1.11. The zero-order valence-corrected chi connectivity index (χ0v) is 19.5. The number of halogens is 2. The first-order valence-electron chi connectivity index (χ1n) is 12.0. The molecule has 1 aromatic heterocycles. The van der Waals surface area contributed by atoms with Crippen LogP contribution in [-0.4, -0.2) is 43.9 Å². The van der Waals surface area contributed by atoms with Gasteiger partial charge in [-0.05, 0) is 48.7 Å². The van der Waals surface area contributed by atoms with Gasteiger partial charge in [-0.2, -0.15) is 4.39 Å². The molecule has 2 aromatic carbocycles. The lowest BCUT2D eigenvalue weighted by Gasteiger charge is -2.48. The van der Waals surface area contributed by atoms with Crippen molar-refractivity contribution in [3.05, 3.63) is 71.6 Å². The van der Waals surface area contributed by atoms with Crippen molar-refractivity contribution in [1.29, 1.82) is 0 Å². The highest BCUT2D eigenvalue weighted by Gasteiger charge is 2.49. The fourth-order valence-corrected chi connectivity index (χ4v) is 5.76. The molecule has 0 saturated carbocycles. The average molecular weight is 491 g/mol. The number of hydrogen-bond donors (Lipinski definition) is 1. The lowest BCUT2D eigenvalue weighted by molar-refractivity contribution is -0.124. The predicted molar refractivity (Wildman–Crippen MR) is 129 cm³/mol. The zero-order valence-electron chi connectivity index (χ0n) is 19.5. The number of benzene rings is 2. The number of fused-ring (bicyclic) bond motifs is 4. The average Bonchev–Trinajstić information content (AvgIpc) is 3.26. The Morgan fingerprint density at radius 2 is 1.81 bits per heavy atom. The number of nitrogens with two attached hydrogens (primary N) is 1. The summed E-state index contributed by atoms with van der Waals surface area (Å²) in [6, 6.07) is 12.0. The number of nitrogens with zero attached hydrogens (tertiary/aromatic N) is 3. The molecule has 5 heterocycles. The second-order valence-electron chi connectivity index (χ2n) is 10.0. The summed E-state index contributed by atoms with van der Waals surface area (Å²) in [5.41, 5.74) is 8.05. The second-order valence-corrected chi connectivity index (χ2v) is 10.0. The first-order valence-corrected chi connectivity index (χ1v) is 12.0. The maximum absolute atomic E-state index is 15.6. The van der Waals surface area contributed by atoms with Gasteiger partial charge in [-0.3, -0.25) is 0 Å². The summed E-state index contributed by atoms with van der Waals surface area (Å²) in [6.45, 7) is 3.33. The van der Waals surface area contributed by atoms with E-state index in [0.29, 0.717) is 28.0 Å². The van der Waals surface area contributed by atoms with Crippen LogP contribution in [0.1, 0.15) is 24.0 Å². The standard InChI is InChI=1S/C27H24F2N4O3/c28-21-12-17(33-8-5-26(6-9-33)13-34-14-26)11-20-23(21)36-22-4-3-16(18-2-1-7-31-24(18)29)10-19(22)27(20)15-35-25(30)32-27/h1-4,7,10-12H,5-6,8-9,13-15H2,(H2,30,32)/t27-/m0/s1. The Hall–Kier alpha value is -3.72. The number of aromatic nitrogens is 1. The van der Waals surface area contributed by atoms with E-state index in [1.165, 1.54) is 12.3 Å². The maximum Gasteiger partial charge on any atom is 0.283 e. The van der Waals surface area contributed by atoms with Crippen LogP contribution >= 0.6 is 0 Å². The van der Waals surface area contributed by atoms with Crippen LogP contribution in [0.15, 0.2) is 53.7 Å².